The lowest BCUT2D eigenvalue weighted by Crippen LogP contribution is -2.44. The molecule has 0 bridgehead atoms. The predicted molar refractivity (Wildman–Crippen MR) is 407 cm³/mol. The molecule has 0 radical (unpaired) electrons. The first-order valence-corrected chi connectivity index (χ1v) is 42.8. The summed E-state index contributed by atoms with van der Waals surface area (Å²) < 4.78 is 17.5. The Hall–Kier alpha value is -8.85. The lowest BCUT2D eigenvalue weighted by atomic mass is 10.1. The van der Waals surface area contributed by atoms with Gasteiger partial charge in [-0.15, -0.1) is 0 Å². The number of para-hydroxylation sites is 1. The Morgan fingerprint density at radius 1 is 0.451 bits per heavy atom. The van der Waals surface area contributed by atoms with Crippen LogP contribution in [-0.2, 0) is 64.9 Å². The molecular formula is C73H81N5O17S5Si2. The fourth-order valence-electron chi connectivity index (χ4n) is 9.49. The van der Waals surface area contributed by atoms with Crippen LogP contribution in [-0.4, -0.2) is 146 Å². The first-order chi connectivity index (χ1) is 48.0. The normalized spacial score (nSPS) is 18.8. The number of benzene rings is 6. The van der Waals surface area contributed by atoms with E-state index in [9.17, 15) is 63.6 Å². The van der Waals surface area contributed by atoms with Crippen LogP contribution in [0, 0.1) is 0 Å². The number of ether oxygens (including phenoxy) is 1. The van der Waals surface area contributed by atoms with Crippen molar-refractivity contribution in [3.05, 3.63) is 203 Å². The summed E-state index contributed by atoms with van der Waals surface area (Å²) in [5, 5.41) is 45.0. The molecule has 29 heteroatoms. The average Bonchev–Trinajstić information content (AvgIpc) is 1.54. The summed E-state index contributed by atoms with van der Waals surface area (Å²) in [6.07, 6.45) is 1.80. The summed E-state index contributed by atoms with van der Waals surface area (Å²) in [5.74, 6) is 0.345. The summed E-state index contributed by atoms with van der Waals surface area (Å²) in [6, 6.07) is 42.0. The maximum absolute atomic E-state index is 12.4. The van der Waals surface area contributed by atoms with Gasteiger partial charge < -0.3 is 39.1 Å². The Bertz CT molecular complexity index is 4140. The number of aliphatic imine (C=N–C) groups is 2. The van der Waals surface area contributed by atoms with Crippen LogP contribution in [0.1, 0.15) is 68.9 Å². The first-order valence-electron chi connectivity index (χ1n) is 32.1. The van der Waals surface area contributed by atoms with Crippen molar-refractivity contribution in [3.63, 3.8) is 0 Å². The highest BCUT2D eigenvalue weighted by atomic mass is 32.2. The van der Waals surface area contributed by atoms with Crippen LogP contribution in [0.3, 0.4) is 0 Å². The van der Waals surface area contributed by atoms with Crippen LogP contribution in [0.15, 0.2) is 185 Å². The quantitative estimate of drug-likeness (QED) is 0.0633. The van der Waals surface area contributed by atoms with E-state index in [1.165, 1.54) is 43.3 Å². The van der Waals surface area contributed by atoms with E-state index in [4.69, 9.17) is 18.7 Å². The Kier molecular flexibility index (Phi) is 28.3. The number of phenols is 5. The van der Waals surface area contributed by atoms with Crippen molar-refractivity contribution < 1.29 is 82.3 Å². The van der Waals surface area contributed by atoms with E-state index in [1.807, 2.05) is 24.3 Å². The van der Waals surface area contributed by atoms with Gasteiger partial charge in [0.1, 0.15) is 34.5 Å². The zero-order chi connectivity index (χ0) is 75.0. The third-order valence-electron chi connectivity index (χ3n) is 15.7. The van der Waals surface area contributed by atoms with Crippen LogP contribution in [0.4, 0.5) is 19.2 Å². The fraction of sp³-hybridized carbons (Fsp3) is 0.301. The maximum atomic E-state index is 12.4. The molecule has 22 nitrogen and oxygen atoms in total. The van der Waals surface area contributed by atoms with E-state index in [2.05, 4.69) is 76.6 Å². The lowest BCUT2D eigenvalue weighted by molar-refractivity contribution is -0.140. The van der Waals surface area contributed by atoms with E-state index in [-0.39, 0.29) is 51.4 Å². The molecule has 5 atom stereocenters. The molecule has 5 aliphatic heterocycles. The average molecular weight is 1520 g/mol. The molecule has 5 heterocycles. The van der Waals surface area contributed by atoms with Crippen LogP contribution in [0.5, 0.6) is 34.5 Å². The number of nitrogens with zero attached hydrogens (tertiary/aromatic N) is 5. The highest BCUT2D eigenvalue weighted by molar-refractivity contribution is 8.16. The molecule has 102 heavy (non-hydrogen) atoms. The number of carbonyl (C=O) groups is 9. The van der Waals surface area contributed by atoms with Gasteiger partial charge in [-0.3, -0.25) is 38.4 Å². The monoisotopic (exact) mass is 1520 g/mol. The molecule has 6 aromatic rings. The van der Waals surface area contributed by atoms with Crippen LogP contribution >= 0.6 is 58.8 Å². The van der Waals surface area contributed by atoms with Crippen molar-refractivity contribution in [1.82, 2.24) is 14.7 Å². The molecule has 3 fully saturated rings. The third-order valence-corrected chi connectivity index (χ3v) is 26.0. The molecular weight excluding hydrogens is 1440 g/mol. The minimum atomic E-state index is -1.89. The Balaban J connectivity index is 0.000000179. The minimum Gasteiger partial charge on any atom is -0.534 e. The molecule has 5 N–H and O–H groups in total. The summed E-state index contributed by atoms with van der Waals surface area (Å²) in [7, 11) is -3.54. The van der Waals surface area contributed by atoms with E-state index < -0.39 is 83.7 Å². The second-order valence-electron chi connectivity index (χ2n) is 25.9. The van der Waals surface area contributed by atoms with E-state index in [1.54, 1.807) is 121 Å². The van der Waals surface area contributed by atoms with Gasteiger partial charge in [0.2, 0.25) is 20.1 Å². The van der Waals surface area contributed by atoms with Crippen molar-refractivity contribution in [3.8, 4) is 34.5 Å². The standard InChI is InChI=1S/C17H13NO5S.C17H25NO2SSi.C14H19NO2SSi.C13H13NO4S.C12H11NO4S/c19-12-8-6-11(7-9-12)10-14-15(20)18(17(22)24-14)16(21)23-13-4-2-1-3-5-13;1-12-18-16(20-22(5,6)17(2,3)4)15(21-12)11-13-7-9-14(19)10-8-13;1-10-15-14(17-19(2,3)4)13(18-10)9-11-5-7-12(16)8-6-11;1-2-11(16)14-12(17)10(19-13(14)18)7-8-3-5-9(15)6-4-8;1-7(14)13-11(16)10(18-12(13)17)6-8-2-4-9(15)5-3-8/h1-9,14,19H,10H2;7-10,15,19H,1,11H2,2-6H3;5-8,13,16H,1,9H2,2-4H3;3-6,10,15H,2,7H2,1H3;2-5,10,15H,6H2,1H3. The van der Waals surface area contributed by atoms with Crippen molar-refractivity contribution in [1.29, 1.82) is 0 Å². The summed E-state index contributed by atoms with van der Waals surface area (Å²) in [6.45, 7) is 28.3. The van der Waals surface area contributed by atoms with Crippen molar-refractivity contribution in [2.24, 2.45) is 9.98 Å². The molecule has 9 amide bonds. The smallest absolute Gasteiger partial charge is 0.429 e. The van der Waals surface area contributed by atoms with Gasteiger partial charge in [-0.25, -0.2) is 24.6 Å². The second-order valence-corrected chi connectivity index (χ2v) is 41.1. The summed E-state index contributed by atoms with van der Waals surface area (Å²) >= 11 is 5.85. The van der Waals surface area contributed by atoms with Crippen LogP contribution < -0.4 is 4.74 Å². The number of carbonyl (C=O) groups excluding carboxylic acids is 9. The van der Waals surface area contributed by atoms with Gasteiger partial charge in [0.15, 0.2) is 11.8 Å². The molecule has 0 aromatic heterocycles. The number of aromatic hydroxyl groups is 5. The topological polar surface area (TPSA) is 317 Å². The van der Waals surface area contributed by atoms with Gasteiger partial charge in [-0.05, 0) is 182 Å². The Labute approximate surface area is 615 Å². The highest BCUT2D eigenvalue weighted by Crippen LogP contribution is 2.42. The molecule has 11 rings (SSSR count). The number of rotatable bonds is 14. The second kappa shape index (κ2) is 35.8. The van der Waals surface area contributed by atoms with Crippen molar-refractivity contribution in [2.75, 3.05) is 0 Å². The van der Waals surface area contributed by atoms with Gasteiger partial charge in [0.25, 0.3) is 41.8 Å². The van der Waals surface area contributed by atoms with E-state index in [0.29, 0.717) is 34.1 Å². The van der Waals surface area contributed by atoms with Gasteiger partial charge in [-0.1, -0.05) is 167 Å². The number of amides is 9. The zero-order valence-electron chi connectivity index (χ0n) is 57.9. The largest absolute Gasteiger partial charge is 0.534 e. The van der Waals surface area contributed by atoms with Gasteiger partial charge in [-0.2, -0.15) is 4.90 Å². The van der Waals surface area contributed by atoms with E-state index >= 15 is 0 Å². The molecule has 538 valence electrons. The molecule has 0 saturated carbocycles. The number of hydrogen-bond acceptors (Lipinski definition) is 24. The molecule has 5 unspecified atom stereocenters. The van der Waals surface area contributed by atoms with Crippen LogP contribution in [0.2, 0.25) is 37.8 Å². The highest BCUT2D eigenvalue weighted by Gasteiger charge is 2.47. The maximum Gasteiger partial charge on any atom is 0.429 e. The summed E-state index contributed by atoms with van der Waals surface area (Å²) in [5.41, 5.74) is 4.78. The zero-order valence-corrected chi connectivity index (χ0v) is 64.0. The fourth-order valence-corrected chi connectivity index (χ4v) is 16.5. The van der Waals surface area contributed by atoms with Crippen molar-refractivity contribution >= 4 is 139 Å². The summed E-state index contributed by atoms with van der Waals surface area (Å²) in [4.78, 5) is 117. The van der Waals surface area contributed by atoms with Crippen LogP contribution in [0.25, 0.3) is 0 Å². The SMILES string of the molecule is C=C1N=C(O[Si](C)(C)C(C)(C)C)C(Cc2ccc(O)cc2)S1.C=C1N=C(O[Si](C)(C)C)C(Cc2ccc(O)cc2)S1.CC(=O)N1C(=O)SC(Cc2ccc(O)cc2)C1=O.CCC(=O)N1C(=O)SC(Cc2ccc(O)cc2)C1=O.O=C(Oc1ccccc1)N1C(=O)SC(Cc2ccc(O)cc2)C1=O. The number of phenolic OH excluding ortho intramolecular Hbond substituents is 5. The Morgan fingerprint density at radius 2 is 0.755 bits per heavy atom. The Morgan fingerprint density at radius 3 is 1.07 bits per heavy atom. The van der Waals surface area contributed by atoms with E-state index in [0.717, 1.165) is 103 Å². The number of hydrogen-bond donors (Lipinski definition) is 5. The number of thioether (sulfide) groups is 5. The lowest BCUT2D eigenvalue weighted by Gasteiger charge is -2.37. The van der Waals surface area contributed by atoms with Gasteiger partial charge in [0, 0.05) is 13.3 Å². The van der Waals surface area contributed by atoms with Gasteiger partial charge in [0.05, 0.1) is 36.3 Å². The molecule has 0 aliphatic carbocycles. The molecule has 3 saturated heterocycles. The minimum absolute atomic E-state index is 0.119. The molecule has 6 aromatic carbocycles. The molecule has 5 aliphatic rings. The van der Waals surface area contributed by atoms with Crippen molar-refractivity contribution in [2.45, 2.75) is 137 Å². The third kappa shape index (κ3) is 23.3. The molecule has 0 spiro atoms. The number of imide groups is 9. The first kappa shape index (κ1) is 80.5. The van der Waals surface area contributed by atoms with Gasteiger partial charge >= 0.3 is 6.09 Å². The predicted octanol–water partition coefficient (Wildman–Crippen LogP) is 15.4.